The molecule has 1 aromatic heterocycles. The van der Waals surface area contributed by atoms with Crippen molar-refractivity contribution in [2.45, 2.75) is 19.1 Å². The van der Waals surface area contributed by atoms with Crippen molar-refractivity contribution in [1.29, 1.82) is 0 Å². The van der Waals surface area contributed by atoms with Crippen LogP contribution in [0.3, 0.4) is 0 Å². The molecule has 0 saturated heterocycles. The molecule has 0 atom stereocenters. The first kappa shape index (κ1) is 33.9. The molecule has 1 heterocycles. The number of fused-ring (bicyclic) bond motifs is 1. The molecule has 0 aliphatic heterocycles. The summed E-state index contributed by atoms with van der Waals surface area (Å²) in [5.41, 5.74) is 0.967. The van der Waals surface area contributed by atoms with E-state index in [9.17, 15) is 37.5 Å². The normalized spacial score (nSPS) is 11.3. The molecule has 2 amide bonds. The minimum absolute atomic E-state index is 0.00224. The molecule has 0 bridgehead atoms. The quantitative estimate of drug-likeness (QED) is 0.154. The molecular formula is C34H26BrF3N4O6. The van der Waals surface area contributed by atoms with Gasteiger partial charge in [0.15, 0.2) is 0 Å². The van der Waals surface area contributed by atoms with Gasteiger partial charge in [-0.05, 0) is 71.8 Å². The van der Waals surface area contributed by atoms with Crippen molar-refractivity contribution < 1.29 is 37.4 Å². The van der Waals surface area contributed by atoms with E-state index in [4.69, 9.17) is 4.74 Å². The number of carboxylic acid groups (broad SMARTS) is 1. The van der Waals surface area contributed by atoms with E-state index in [2.05, 4.69) is 31.2 Å². The number of amides is 2. The van der Waals surface area contributed by atoms with Crippen LogP contribution in [-0.4, -0.2) is 51.4 Å². The molecule has 0 saturated carbocycles. The van der Waals surface area contributed by atoms with Crippen molar-refractivity contribution in [2.75, 3.05) is 19.0 Å². The number of aliphatic carboxylic acids is 1. The minimum atomic E-state index is -4.70. The van der Waals surface area contributed by atoms with Crippen LogP contribution in [0.2, 0.25) is 0 Å². The van der Waals surface area contributed by atoms with Gasteiger partial charge in [0.25, 0.3) is 11.5 Å². The Morgan fingerprint density at radius 2 is 1.69 bits per heavy atom. The van der Waals surface area contributed by atoms with Crippen molar-refractivity contribution in [3.8, 4) is 17.0 Å². The monoisotopic (exact) mass is 722 g/mol. The number of nitrogens with one attached hydrogen (secondary N) is 2. The van der Waals surface area contributed by atoms with Gasteiger partial charge < -0.3 is 25.0 Å². The molecule has 0 fully saturated rings. The summed E-state index contributed by atoms with van der Waals surface area (Å²) in [7, 11) is 1.24. The van der Waals surface area contributed by atoms with E-state index >= 15 is 0 Å². The maximum absolute atomic E-state index is 13.5. The van der Waals surface area contributed by atoms with E-state index in [1.54, 1.807) is 42.5 Å². The summed E-state index contributed by atoms with van der Waals surface area (Å²) >= 11 is 3.36. The molecule has 246 valence electrons. The van der Waals surface area contributed by atoms with Crippen LogP contribution in [0.25, 0.3) is 22.3 Å². The van der Waals surface area contributed by atoms with Crippen molar-refractivity contribution in [2.24, 2.45) is 0 Å². The lowest BCUT2D eigenvalue weighted by atomic mass is 10.0. The van der Waals surface area contributed by atoms with Gasteiger partial charge in [0.1, 0.15) is 18.0 Å². The number of hydrogen-bond acceptors (Lipinski definition) is 6. The van der Waals surface area contributed by atoms with Crippen molar-refractivity contribution in [1.82, 2.24) is 14.9 Å². The smallest absolute Gasteiger partial charge is 0.416 e. The highest BCUT2D eigenvalue weighted by Crippen LogP contribution is 2.35. The number of anilines is 1. The van der Waals surface area contributed by atoms with Crippen LogP contribution < -0.4 is 15.6 Å². The predicted octanol–water partition coefficient (Wildman–Crippen LogP) is 6.29. The van der Waals surface area contributed by atoms with Crippen LogP contribution >= 0.6 is 15.9 Å². The van der Waals surface area contributed by atoms with E-state index in [-0.39, 0.29) is 34.8 Å². The molecule has 5 aromatic rings. The Labute approximate surface area is 279 Å². The molecule has 5 rings (SSSR count). The Hall–Kier alpha value is -5.50. The van der Waals surface area contributed by atoms with E-state index in [0.29, 0.717) is 22.2 Å². The summed E-state index contributed by atoms with van der Waals surface area (Å²) in [6, 6.07) is 20.9. The number of carbonyl (C=O) groups is 3. The second-order valence-electron chi connectivity index (χ2n) is 10.7. The highest BCUT2D eigenvalue weighted by molar-refractivity contribution is 9.10. The van der Waals surface area contributed by atoms with Crippen LogP contribution in [0.5, 0.6) is 5.75 Å². The predicted molar refractivity (Wildman–Crippen MR) is 175 cm³/mol. The first-order chi connectivity index (χ1) is 22.8. The molecule has 0 radical (unpaired) electrons. The number of halogens is 4. The fourth-order valence-corrected chi connectivity index (χ4v) is 5.24. The van der Waals surface area contributed by atoms with Gasteiger partial charge in [-0.3, -0.25) is 19.2 Å². The van der Waals surface area contributed by atoms with E-state index in [1.165, 1.54) is 43.5 Å². The van der Waals surface area contributed by atoms with Crippen LogP contribution in [-0.2, 0) is 28.7 Å². The zero-order chi connectivity index (χ0) is 34.6. The van der Waals surface area contributed by atoms with Gasteiger partial charge in [-0.15, -0.1) is 0 Å². The molecule has 0 aliphatic carbocycles. The average molecular weight is 724 g/mol. The largest absolute Gasteiger partial charge is 0.497 e. The zero-order valence-corrected chi connectivity index (χ0v) is 26.7. The number of rotatable bonds is 10. The van der Waals surface area contributed by atoms with Gasteiger partial charge in [-0.25, -0.2) is 4.98 Å². The van der Waals surface area contributed by atoms with Crippen molar-refractivity contribution >= 4 is 50.4 Å². The highest BCUT2D eigenvalue weighted by atomic mass is 79.9. The summed E-state index contributed by atoms with van der Waals surface area (Å²) < 4.78 is 46.3. The van der Waals surface area contributed by atoms with Gasteiger partial charge in [-0.1, -0.05) is 40.2 Å². The average Bonchev–Trinajstić information content (AvgIpc) is 3.04. The highest BCUT2D eigenvalue weighted by Gasteiger charge is 2.34. The lowest BCUT2D eigenvalue weighted by Gasteiger charge is -2.21. The molecule has 0 spiro atoms. The van der Waals surface area contributed by atoms with E-state index in [1.807, 2.05) is 0 Å². The lowest BCUT2D eigenvalue weighted by Crippen LogP contribution is -2.35. The lowest BCUT2D eigenvalue weighted by molar-refractivity contribution is -0.139. The van der Waals surface area contributed by atoms with Gasteiger partial charge >= 0.3 is 12.1 Å². The molecular weight excluding hydrogens is 697 g/mol. The second kappa shape index (κ2) is 14.1. The summed E-state index contributed by atoms with van der Waals surface area (Å²) in [5.74, 6) is -2.59. The van der Waals surface area contributed by atoms with E-state index in [0.717, 1.165) is 15.4 Å². The number of aromatic amines is 1. The number of ether oxygens (including phenoxy) is 1. The van der Waals surface area contributed by atoms with Crippen LogP contribution in [0, 0.1) is 0 Å². The fraction of sp³-hybridized carbons (Fsp3) is 0.147. The van der Waals surface area contributed by atoms with Crippen LogP contribution in [0.1, 0.15) is 27.0 Å². The number of alkyl halides is 3. The summed E-state index contributed by atoms with van der Waals surface area (Å²) in [6.45, 7) is -0.741. The maximum atomic E-state index is 13.5. The minimum Gasteiger partial charge on any atom is -0.497 e. The topological polar surface area (TPSA) is 142 Å². The summed E-state index contributed by atoms with van der Waals surface area (Å²) in [6.07, 6.45) is -5.26. The Morgan fingerprint density at radius 1 is 0.979 bits per heavy atom. The fourth-order valence-electron chi connectivity index (χ4n) is 4.98. The number of H-pyrrole nitrogens is 1. The Balaban J connectivity index is 1.30. The Morgan fingerprint density at radius 3 is 2.33 bits per heavy atom. The van der Waals surface area contributed by atoms with Crippen LogP contribution in [0.15, 0.2) is 94.2 Å². The van der Waals surface area contributed by atoms with Gasteiger partial charge in [0.2, 0.25) is 5.91 Å². The van der Waals surface area contributed by atoms with Crippen LogP contribution in [0.4, 0.5) is 18.9 Å². The number of hydrogen-bond donors (Lipinski definition) is 3. The number of aromatic nitrogens is 2. The summed E-state index contributed by atoms with van der Waals surface area (Å²) in [5, 5.41) is 12.0. The first-order valence-electron chi connectivity index (χ1n) is 14.2. The molecule has 3 N–H and O–H groups in total. The third kappa shape index (κ3) is 8.07. The first-order valence-corrected chi connectivity index (χ1v) is 15.0. The van der Waals surface area contributed by atoms with Gasteiger partial charge in [0.05, 0.1) is 30.1 Å². The zero-order valence-electron chi connectivity index (χ0n) is 25.1. The molecule has 48 heavy (non-hydrogen) atoms. The number of carbonyl (C=O) groups excluding carboxylic acids is 2. The standard InChI is InChI=1S/C34H26BrF3N4O6/c1-48-25-12-7-22(26(16-25)34(36,37)38)15-29(43)39-24-10-5-21(6-11-24)33(47)42(18-30(44)45)17-19-2-13-27-28(14-19)41-32(46)31(40-27)20-3-8-23(35)9-4-20/h2-14,16H,15,17-18H2,1H3,(H,39,43)(H,41,46)(H,44,45). The second-order valence-corrected chi connectivity index (χ2v) is 11.6. The number of nitrogens with zero attached hydrogens (tertiary/aromatic N) is 2. The number of carboxylic acids is 1. The van der Waals surface area contributed by atoms with Gasteiger partial charge in [-0.2, -0.15) is 13.2 Å². The molecule has 0 aliphatic rings. The third-order valence-electron chi connectivity index (χ3n) is 7.25. The maximum Gasteiger partial charge on any atom is 0.416 e. The van der Waals surface area contributed by atoms with Crippen molar-refractivity contribution in [3.63, 3.8) is 0 Å². The number of methoxy groups -OCH3 is 1. The Bertz CT molecular complexity index is 2070. The molecule has 10 nitrogen and oxygen atoms in total. The molecule has 14 heteroatoms. The van der Waals surface area contributed by atoms with Crippen molar-refractivity contribution in [3.05, 3.63) is 122 Å². The number of benzene rings is 4. The SMILES string of the molecule is COc1ccc(CC(=O)Nc2ccc(C(=O)N(CC(=O)O)Cc3ccc4nc(-c5ccc(Br)cc5)c(=O)[nH]c4c3)cc2)c(C(F)(F)F)c1. The Kier molecular flexibility index (Phi) is 9.94. The summed E-state index contributed by atoms with van der Waals surface area (Å²) in [4.78, 5) is 58.8. The third-order valence-corrected chi connectivity index (χ3v) is 7.78. The molecule has 4 aromatic carbocycles. The molecule has 0 unspecified atom stereocenters. The van der Waals surface area contributed by atoms with Gasteiger partial charge in [0, 0.05) is 27.8 Å². The van der Waals surface area contributed by atoms with E-state index < -0.39 is 48.0 Å².